The number of nitrogens with zero attached hydrogens (tertiary/aromatic N) is 2. The van der Waals surface area contributed by atoms with Crippen LogP contribution in [0, 0.1) is 10.1 Å². The molecular formula is C16H11N3O4S. The Morgan fingerprint density at radius 3 is 2.42 bits per heavy atom. The zero-order valence-corrected chi connectivity index (χ0v) is 13.0. The van der Waals surface area contributed by atoms with E-state index in [4.69, 9.17) is 10.5 Å². The highest BCUT2D eigenvalue weighted by Gasteiger charge is 2.18. The summed E-state index contributed by atoms with van der Waals surface area (Å²) < 4.78 is 5.17. The lowest BCUT2D eigenvalue weighted by molar-refractivity contribution is -0.384. The summed E-state index contributed by atoms with van der Waals surface area (Å²) >= 11 is 1.13. The number of nitro groups is 1. The highest BCUT2D eigenvalue weighted by Crippen LogP contribution is 2.32. The van der Waals surface area contributed by atoms with Crippen molar-refractivity contribution >= 4 is 28.8 Å². The number of hydrogen-bond acceptors (Lipinski definition) is 7. The molecule has 0 atom stereocenters. The SMILES string of the molecule is Nc1nc(C(=O)Oc2ccc([N+](=O)[O-])cc2)sc1-c1ccccc1. The number of aromatic nitrogens is 1. The number of thiazole rings is 1. The van der Waals surface area contributed by atoms with E-state index >= 15 is 0 Å². The molecule has 3 rings (SSSR count). The zero-order chi connectivity index (χ0) is 17.1. The number of esters is 1. The molecule has 8 heteroatoms. The summed E-state index contributed by atoms with van der Waals surface area (Å²) in [5.41, 5.74) is 6.65. The van der Waals surface area contributed by atoms with Crippen LogP contribution in [0.1, 0.15) is 9.80 Å². The van der Waals surface area contributed by atoms with Crippen LogP contribution >= 0.6 is 11.3 Å². The van der Waals surface area contributed by atoms with Gasteiger partial charge < -0.3 is 10.5 Å². The topological polar surface area (TPSA) is 108 Å². The second kappa shape index (κ2) is 6.47. The molecule has 0 unspecified atom stereocenters. The maximum absolute atomic E-state index is 12.2. The van der Waals surface area contributed by atoms with Crippen molar-refractivity contribution in [2.45, 2.75) is 0 Å². The van der Waals surface area contributed by atoms with Crippen molar-refractivity contribution in [1.29, 1.82) is 0 Å². The van der Waals surface area contributed by atoms with Gasteiger partial charge in [0.1, 0.15) is 11.6 Å². The number of non-ortho nitro benzene ring substituents is 1. The fourth-order valence-corrected chi connectivity index (χ4v) is 2.87. The minimum absolute atomic E-state index is 0.0837. The van der Waals surface area contributed by atoms with E-state index in [0.717, 1.165) is 16.9 Å². The summed E-state index contributed by atoms with van der Waals surface area (Å²) in [6, 6.07) is 14.6. The molecule has 0 spiro atoms. The van der Waals surface area contributed by atoms with Gasteiger partial charge in [0, 0.05) is 12.1 Å². The molecule has 2 N–H and O–H groups in total. The molecule has 0 fully saturated rings. The number of ether oxygens (including phenoxy) is 1. The highest BCUT2D eigenvalue weighted by atomic mass is 32.1. The van der Waals surface area contributed by atoms with E-state index in [2.05, 4.69) is 4.98 Å². The van der Waals surface area contributed by atoms with Gasteiger partial charge in [0.2, 0.25) is 5.01 Å². The molecule has 0 radical (unpaired) electrons. The number of carbonyl (C=O) groups excluding carboxylic acids is 1. The van der Waals surface area contributed by atoms with E-state index < -0.39 is 10.9 Å². The van der Waals surface area contributed by atoms with Crippen molar-refractivity contribution in [2.24, 2.45) is 0 Å². The summed E-state index contributed by atoms with van der Waals surface area (Å²) in [7, 11) is 0. The maximum Gasteiger partial charge on any atom is 0.372 e. The Hall–Kier alpha value is -3.26. The van der Waals surface area contributed by atoms with Crippen LogP contribution in [0.5, 0.6) is 5.75 Å². The predicted octanol–water partition coefficient (Wildman–Crippen LogP) is 3.52. The molecule has 0 aliphatic heterocycles. The number of nitro benzene ring substituents is 1. The Bertz CT molecular complexity index is 891. The van der Waals surface area contributed by atoms with Gasteiger partial charge in [-0.2, -0.15) is 0 Å². The second-order valence-electron chi connectivity index (χ2n) is 4.74. The molecule has 2 aromatic carbocycles. The number of anilines is 1. The Morgan fingerprint density at radius 2 is 1.79 bits per heavy atom. The molecule has 0 aliphatic rings. The standard InChI is InChI=1S/C16H11N3O4S/c17-14-13(10-4-2-1-3-5-10)24-15(18-14)16(20)23-12-8-6-11(7-9-12)19(21)22/h1-9H,17H2. The van der Waals surface area contributed by atoms with Gasteiger partial charge in [-0.1, -0.05) is 30.3 Å². The molecule has 0 amide bonds. The Morgan fingerprint density at radius 1 is 1.12 bits per heavy atom. The zero-order valence-electron chi connectivity index (χ0n) is 12.2. The van der Waals surface area contributed by atoms with E-state index in [9.17, 15) is 14.9 Å². The van der Waals surface area contributed by atoms with Crippen LogP contribution in [-0.2, 0) is 0 Å². The van der Waals surface area contributed by atoms with Crippen LogP contribution in [0.4, 0.5) is 11.5 Å². The lowest BCUT2D eigenvalue weighted by atomic mass is 10.2. The fraction of sp³-hybridized carbons (Fsp3) is 0. The number of nitrogen functional groups attached to an aromatic ring is 1. The molecule has 0 saturated heterocycles. The molecule has 24 heavy (non-hydrogen) atoms. The normalized spacial score (nSPS) is 10.3. The van der Waals surface area contributed by atoms with Crippen LogP contribution in [0.15, 0.2) is 54.6 Å². The van der Waals surface area contributed by atoms with Crippen LogP contribution in [0.25, 0.3) is 10.4 Å². The first-order chi connectivity index (χ1) is 11.5. The maximum atomic E-state index is 12.2. The van der Waals surface area contributed by atoms with E-state index in [1.807, 2.05) is 30.3 Å². The first-order valence-corrected chi connectivity index (χ1v) is 7.64. The molecule has 7 nitrogen and oxygen atoms in total. The number of benzene rings is 2. The van der Waals surface area contributed by atoms with Gasteiger partial charge in [0.05, 0.1) is 9.80 Å². The van der Waals surface area contributed by atoms with Crippen molar-refractivity contribution in [3.63, 3.8) is 0 Å². The smallest absolute Gasteiger partial charge is 0.372 e. The van der Waals surface area contributed by atoms with Gasteiger partial charge in [0.15, 0.2) is 0 Å². The summed E-state index contributed by atoms with van der Waals surface area (Å²) in [5.74, 6) is -0.217. The number of hydrogen-bond donors (Lipinski definition) is 1. The van der Waals surface area contributed by atoms with E-state index in [-0.39, 0.29) is 22.3 Å². The van der Waals surface area contributed by atoms with Crippen molar-refractivity contribution in [3.8, 4) is 16.2 Å². The first kappa shape index (κ1) is 15.6. The van der Waals surface area contributed by atoms with Gasteiger partial charge in [-0.15, -0.1) is 11.3 Å². The lowest BCUT2D eigenvalue weighted by Crippen LogP contribution is -2.08. The van der Waals surface area contributed by atoms with Crippen molar-refractivity contribution in [2.75, 3.05) is 5.73 Å². The highest BCUT2D eigenvalue weighted by molar-refractivity contribution is 7.17. The van der Waals surface area contributed by atoms with Crippen molar-refractivity contribution in [3.05, 3.63) is 69.7 Å². The summed E-state index contributed by atoms with van der Waals surface area (Å²) in [6.45, 7) is 0. The van der Waals surface area contributed by atoms with Crippen molar-refractivity contribution < 1.29 is 14.5 Å². The van der Waals surface area contributed by atoms with Gasteiger partial charge >= 0.3 is 5.97 Å². The minimum Gasteiger partial charge on any atom is -0.421 e. The summed E-state index contributed by atoms with van der Waals surface area (Å²) in [6.07, 6.45) is 0. The second-order valence-corrected chi connectivity index (χ2v) is 5.74. The number of carbonyl (C=O) groups is 1. The molecular weight excluding hydrogens is 330 g/mol. The number of nitrogens with two attached hydrogens (primary N) is 1. The minimum atomic E-state index is -0.664. The molecule has 0 saturated carbocycles. The Labute approximate surface area is 140 Å². The third kappa shape index (κ3) is 3.23. The van der Waals surface area contributed by atoms with Crippen LogP contribution in [-0.4, -0.2) is 15.9 Å². The average Bonchev–Trinajstić information content (AvgIpc) is 2.98. The largest absolute Gasteiger partial charge is 0.421 e. The molecule has 1 aromatic heterocycles. The lowest BCUT2D eigenvalue weighted by Gasteiger charge is -2.01. The fourth-order valence-electron chi connectivity index (χ4n) is 2.00. The van der Waals surface area contributed by atoms with E-state index in [0.29, 0.717) is 4.88 Å². The molecule has 0 aliphatic carbocycles. The first-order valence-electron chi connectivity index (χ1n) is 6.83. The Kier molecular flexibility index (Phi) is 4.21. The van der Waals surface area contributed by atoms with Crippen molar-refractivity contribution in [1.82, 2.24) is 4.98 Å². The number of rotatable bonds is 4. The van der Waals surface area contributed by atoms with Gasteiger partial charge in [-0.3, -0.25) is 10.1 Å². The van der Waals surface area contributed by atoms with Crippen LogP contribution < -0.4 is 10.5 Å². The third-order valence-corrected chi connectivity index (χ3v) is 4.22. The van der Waals surface area contributed by atoms with Crippen LogP contribution in [0.3, 0.4) is 0 Å². The van der Waals surface area contributed by atoms with Gasteiger partial charge in [-0.05, 0) is 17.7 Å². The summed E-state index contributed by atoms with van der Waals surface area (Å²) in [5, 5.41) is 10.7. The molecule has 3 aromatic rings. The molecule has 120 valence electrons. The van der Waals surface area contributed by atoms with E-state index in [1.165, 1.54) is 24.3 Å². The monoisotopic (exact) mass is 341 g/mol. The predicted molar refractivity (Wildman–Crippen MR) is 90.0 cm³/mol. The van der Waals surface area contributed by atoms with Gasteiger partial charge in [-0.25, -0.2) is 9.78 Å². The Balaban J connectivity index is 1.79. The summed E-state index contributed by atoms with van der Waals surface area (Å²) in [4.78, 5) is 27.0. The molecule has 1 heterocycles. The third-order valence-electron chi connectivity index (χ3n) is 3.12. The average molecular weight is 341 g/mol. The van der Waals surface area contributed by atoms with Crippen LogP contribution in [0.2, 0.25) is 0 Å². The van der Waals surface area contributed by atoms with Gasteiger partial charge in [0.25, 0.3) is 5.69 Å². The van der Waals surface area contributed by atoms with E-state index in [1.54, 1.807) is 0 Å². The quantitative estimate of drug-likeness (QED) is 0.336. The molecule has 0 bridgehead atoms.